The maximum atomic E-state index is 11.5. The fourth-order valence-electron chi connectivity index (χ4n) is 0.937. The summed E-state index contributed by atoms with van der Waals surface area (Å²) in [5.41, 5.74) is 0.425. The molecule has 1 rings (SSSR count). The zero-order valence-corrected chi connectivity index (χ0v) is 9.91. The lowest BCUT2D eigenvalue weighted by Gasteiger charge is -2.11. The van der Waals surface area contributed by atoms with Gasteiger partial charge in [-0.3, -0.25) is 4.79 Å². The van der Waals surface area contributed by atoms with E-state index in [1.165, 1.54) is 17.0 Å². The first kappa shape index (κ1) is 11.6. The second kappa shape index (κ2) is 4.39. The van der Waals surface area contributed by atoms with Gasteiger partial charge in [0.1, 0.15) is 0 Å². The van der Waals surface area contributed by atoms with Crippen LogP contribution < -0.4 is 0 Å². The Morgan fingerprint density at radius 3 is 1.93 bits per heavy atom. The Bertz CT molecular complexity index is 353. The monoisotopic (exact) mass is 251 g/mol. The first-order valence-electron chi connectivity index (χ1n) is 3.79. The first-order valence-corrected chi connectivity index (χ1v) is 4.93. The van der Waals surface area contributed by atoms with E-state index >= 15 is 0 Å². The van der Waals surface area contributed by atoms with Crippen LogP contribution in [0.4, 0.5) is 0 Å². The minimum absolute atomic E-state index is 0.162. The molecule has 0 radical (unpaired) electrons. The number of nitrogens with zero attached hydrogens (tertiary/aromatic N) is 1. The highest BCUT2D eigenvalue weighted by atomic mass is 35.5. The average molecular weight is 253 g/mol. The van der Waals surface area contributed by atoms with Crippen molar-refractivity contribution >= 4 is 40.7 Å². The maximum absolute atomic E-state index is 11.5. The van der Waals surface area contributed by atoms with E-state index in [0.29, 0.717) is 5.56 Å². The molecule has 0 saturated carbocycles. The van der Waals surface area contributed by atoms with Crippen LogP contribution in [0.5, 0.6) is 0 Å². The summed E-state index contributed by atoms with van der Waals surface area (Å²) < 4.78 is 0. The topological polar surface area (TPSA) is 20.3 Å². The molecule has 0 spiro atoms. The van der Waals surface area contributed by atoms with Gasteiger partial charge in [0.05, 0.1) is 15.1 Å². The van der Waals surface area contributed by atoms with Crippen molar-refractivity contribution in [2.45, 2.75) is 0 Å². The molecule has 0 aliphatic rings. The first-order chi connectivity index (χ1) is 6.43. The van der Waals surface area contributed by atoms with Gasteiger partial charge in [0, 0.05) is 19.7 Å². The predicted molar refractivity (Wildman–Crippen MR) is 59.5 cm³/mol. The predicted octanol–water partition coefficient (Wildman–Crippen LogP) is 3.35. The molecule has 0 atom stereocenters. The van der Waals surface area contributed by atoms with Crippen LogP contribution in [-0.4, -0.2) is 24.9 Å². The van der Waals surface area contributed by atoms with Gasteiger partial charge >= 0.3 is 0 Å². The minimum atomic E-state index is -0.162. The molecule has 1 amide bonds. The van der Waals surface area contributed by atoms with E-state index in [4.69, 9.17) is 34.8 Å². The molecule has 0 unspecified atom stereocenters. The van der Waals surface area contributed by atoms with E-state index in [1.54, 1.807) is 14.1 Å². The van der Waals surface area contributed by atoms with Crippen LogP contribution in [0, 0.1) is 0 Å². The molecule has 0 fully saturated rings. The van der Waals surface area contributed by atoms with Gasteiger partial charge in [-0.15, -0.1) is 0 Å². The molecule has 1 aromatic carbocycles. The highest BCUT2D eigenvalue weighted by molar-refractivity contribution is 6.48. The summed E-state index contributed by atoms with van der Waals surface area (Å²) in [5.74, 6) is -0.162. The summed E-state index contributed by atoms with van der Waals surface area (Å²) in [4.78, 5) is 13.0. The lowest BCUT2D eigenvalue weighted by atomic mass is 10.2. The molecule has 0 aromatic heterocycles. The standard InChI is InChI=1S/C9H8Cl3NO/c1-13(2)9(14)5-3-6(10)8(12)7(11)4-5/h3-4H,1-2H3. The molecule has 14 heavy (non-hydrogen) atoms. The lowest BCUT2D eigenvalue weighted by molar-refractivity contribution is 0.0827. The number of carbonyl (C=O) groups excluding carboxylic acids is 1. The van der Waals surface area contributed by atoms with Gasteiger partial charge in [-0.05, 0) is 12.1 Å². The van der Waals surface area contributed by atoms with Gasteiger partial charge in [-0.25, -0.2) is 0 Å². The van der Waals surface area contributed by atoms with Gasteiger partial charge < -0.3 is 4.90 Å². The van der Waals surface area contributed by atoms with Gasteiger partial charge in [-0.2, -0.15) is 0 Å². The van der Waals surface area contributed by atoms with Crippen molar-refractivity contribution in [2.75, 3.05) is 14.1 Å². The molecular weight excluding hydrogens is 244 g/mol. The molecule has 0 aliphatic heterocycles. The number of rotatable bonds is 1. The van der Waals surface area contributed by atoms with Crippen molar-refractivity contribution < 1.29 is 4.79 Å². The molecule has 1 aromatic rings. The Balaban J connectivity index is 3.19. The number of carbonyl (C=O) groups is 1. The Morgan fingerprint density at radius 1 is 1.14 bits per heavy atom. The minimum Gasteiger partial charge on any atom is -0.345 e. The van der Waals surface area contributed by atoms with Gasteiger partial charge in [-0.1, -0.05) is 34.8 Å². The van der Waals surface area contributed by atoms with Crippen molar-refractivity contribution in [1.82, 2.24) is 4.90 Å². The third kappa shape index (κ3) is 2.32. The van der Waals surface area contributed by atoms with E-state index in [-0.39, 0.29) is 21.0 Å². The summed E-state index contributed by atoms with van der Waals surface area (Å²) in [5, 5.41) is 0.831. The van der Waals surface area contributed by atoms with E-state index in [0.717, 1.165) is 0 Å². The van der Waals surface area contributed by atoms with Crippen LogP contribution in [0.25, 0.3) is 0 Å². The number of hydrogen-bond acceptors (Lipinski definition) is 1. The van der Waals surface area contributed by atoms with E-state index < -0.39 is 0 Å². The number of amides is 1. The SMILES string of the molecule is CN(C)C(=O)c1cc(Cl)c(Cl)c(Cl)c1. The number of halogens is 3. The van der Waals surface area contributed by atoms with Crippen molar-refractivity contribution in [2.24, 2.45) is 0 Å². The Kier molecular flexibility index (Phi) is 3.65. The molecule has 5 heteroatoms. The zero-order chi connectivity index (χ0) is 10.9. The smallest absolute Gasteiger partial charge is 0.253 e. The van der Waals surface area contributed by atoms with Crippen LogP contribution in [0.1, 0.15) is 10.4 Å². The quantitative estimate of drug-likeness (QED) is 0.702. The second-order valence-corrected chi connectivity index (χ2v) is 4.15. The Labute approximate surface area is 97.4 Å². The summed E-state index contributed by atoms with van der Waals surface area (Å²) >= 11 is 17.3. The highest BCUT2D eigenvalue weighted by Gasteiger charge is 2.12. The largest absolute Gasteiger partial charge is 0.345 e. The molecular formula is C9H8Cl3NO. The third-order valence-electron chi connectivity index (χ3n) is 1.64. The molecule has 0 heterocycles. The third-order valence-corrected chi connectivity index (χ3v) is 2.83. The van der Waals surface area contributed by atoms with E-state index in [2.05, 4.69) is 0 Å². The second-order valence-electron chi connectivity index (χ2n) is 2.95. The van der Waals surface area contributed by atoms with Crippen LogP contribution >= 0.6 is 34.8 Å². The van der Waals surface area contributed by atoms with Crippen molar-refractivity contribution in [3.63, 3.8) is 0 Å². The molecule has 0 bridgehead atoms. The van der Waals surface area contributed by atoms with Gasteiger partial charge in [0.2, 0.25) is 0 Å². The van der Waals surface area contributed by atoms with Crippen molar-refractivity contribution in [1.29, 1.82) is 0 Å². The molecule has 0 N–H and O–H groups in total. The Hall–Kier alpha value is -0.440. The fourth-order valence-corrected chi connectivity index (χ4v) is 1.53. The fraction of sp³-hybridized carbons (Fsp3) is 0.222. The summed E-state index contributed by atoms with van der Waals surface area (Å²) in [6, 6.07) is 3.00. The normalized spacial score (nSPS) is 10.1. The number of hydrogen-bond donors (Lipinski definition) is 0. The molecule has 76 valence electrons. The van der Waals surface area contributed by atoms with Crippen molar-refractivity contribution in [3.8, 4) is 0 Å². The summed E-state index contributed by atoms with van der Waals surface area (Å²) in [6.07, 6.45) is 0. The molecule has 0 saturated heterocycles. The summed E-state index contributed by atoms with van der Waals surface area (Å²) in [7, 11) is 3.30. The number of benzene rings is 1. The van der Waals surface area contributed by atoms with Crippen molar-refractivity contribution in [3.05, 3.63) is 32.8 Å². The van der Waals surface area contributed by atoms with Crippen LogP contribution in [-0.2, 0) is 0 Å². The van der Waals surface area contributed by atoms with E-state index in [9.17, 15) is 4.79 Å². The summed E-state index contributed by atoms with van der Waals surface area (Å²) in [6.45, 7) is 0. The average Bonchev–Trinajstić information content (AvgIpc) is 2.12. The molecule has 2 nitrogen and oxygen atoms in total. The maximum Gasteiger partial charge on any atom is 0.253 e. The van der Waals surface area contributed by atoms with Gasteiger partial charge in [0.15, 0.2) is 0 Å². The lowest BCUT2D eigenvalue weighted by Crippen LogP contribution is -2.21. The molecule has 0 aliphatic carbocycles. The van der Waals surface area contributed by atoms with E-state index in [1.807, 2.05) is 0 Å². The zero-order valence-electron chi connectivity index (χ0n) is 7.64. The Morgan fingerprint density at radius 2 is 1.57 bits per heavy atom. The highest BCUT2D eigenvalue weighted by Crippen LogP contribution is 2.31. The van der Waals surface area contributed by atoms with Gasteiger partial charge in [0.25, 0.3) is 5.91 Å². The van der Waals surface area contributed by atoms with Crippen LogP contribution in [0.3, 0.4) is 0 Å². The van der Waals surface area contributed by atoms with Crippen LogP contribution in [0.2, 0.25) is 15.1 Å². The van der Waals surface area contributed by atoms with Crippen LogP contribution in [0.15, 0.2) is 12.1 Å².